The van der Waals surface area contributed by atoms with Crippen LogP contribution in [0.4, 0.5) is 0 Å². The summed E-state index contributed by atoms with van der Waals surface area (Å²) in [5.74, 6) is -2.47. The number of rotatable bonds is 22. The number of fused-ring (bicyclic) bond motifs is 1. The van der Waals surface area contributed by atoms with Crippen LogP contribution in [0.2, 0.25) is 0 Å². The molecule has 410 valence electrons. The predicted molar refractivity (Wildman–Crippen MR) is 282 cm³/mol. The lowest BCUT2D eigenvalue weighted by atomic mass is 9.95. The van der Waals surface area contributed by atoms with Crippen molar-refractivity contribution in [2.75, 3.05) is 13.2 Å². The number of benzene rings is 5. The fourth-order valence-corrected chi connectivity index (χ4v) is 9.81. The Hall–Kier alpha value is -4.73. The fourth-order valence-electron chi connectivity index (χ4n) is 9.68. The van der Waals surface area contributed by atoms with E-state index >= 15 is 0 Å². The lowest BCUT2D eigenvalue weighted by molar-refractivity contribution is -0.364. The van der Waals surface area contributed by atoms with Crippen LogP contribution in [0.5, 0.6) is 0 Å². The fraction of sp³-hybridized carbons (Fsp3) is 0.456. The van der Waals surface area contributed by atoms with Crippen LogP contribution in [0.3, 0.4) is 0 Å². The maximum absolute atomic E-state index is 13.5. The second kappa shape index (κ2) is 27.0. The van der Waals surface area contributed by atoms with Crippen molar-refractivity contribution in [3.63, 3.8) is 0 Å². The van der Waals surface area contributed by atoms with Crippen LogP contribution < -0.4 is 0 Å². The first kappa shape index (κ1) is 57.0. The van der Waals surface area contributed by atoms with Gasteiger partial charge in [-0.3, -0.25) is 0 Å². The average molecular weight is 1120 g/mol. The van der Waals surface area contributed by atoms with Gasteiger partial charge in [-0.1, -0.05) is 192 Å². The summed E-state index contributed by atoms with van der Waals surface area (Å²) in [5.41, 5.74) is 14.6. The summed E-state index contributed by atoms with van der Waals surface area (Å²) >= 11 is 18.3. The first-order chi connectivity index (χ1) is 37.3. The van der Waals surface area contributed by atoms with Gasteiger partial charge in [-0.2, -0.15) is 0 Å². The molecule has 0 aliphatic carbocycles. The highest BCUT2D eigenvalue weighted by molar-refractivity contribution is 6.75. The standard InChI is InChI=1S/C57H62Cl3N3O14/c1-36-45(73-52-49(69-33-41-27-17-8-18-28-41)46(67-31-39-23-13-6-14-24-39)43(35-70-52)66-30-38-21-11-5-12-22-38)48-51(77-56(2,3)76-48)54(71-36)74-50-47(68-32-40-25-15-7-16-26-40)44(62-63-61)42(34-65-29-37-19-9-4-10-20-37)72-53(50)75-55(64)57(58,59)60/h4-28,36,42-54H,29-35H2,1-3H3/t36?,42-,43-,44?,45+,46?,47?,48?,49?,50?,51?,52+,53-,54+/m1/s1. The number of azide groups is 1. The van der Waals surface area contributed by atoms with Crippen LogP contribution in [-0.2, 0) is 99.4 Å². The minimum Gasteiger partial charge on any atom is -0.430 e. The van der Waals surface area contributed by atoms with Gasteiger partial charge in [-0.05, 0) is 54.1 Å². The molecular formula is C57H62Cl3N3O14. The van der Waals surface area contributed by atoms with Gasteiger partial charge in [0.2, 0.25) is 6.29 Å². The Balaban J connectivity index is 1.01. The zero-order chi connectivity index (χ0) is 53.8. The van der Waals surface area contributed by atoms with Gasteiger partial charge in [-0.25, -0.2) is 4.79 Å². The lowest BCUT2D eigenvalue weighted by Gasteiger charge is -2.48. The van der Waals surface area contributed by atoms with E-state index in [2.05, 4.69) is 10.0 Å². The molecule has 0 saturated carbocycles. The molecule has 4 aliphatic rings. The highest BCUT2D eigenvalue weighted by Crippen LogP contribution is 2.43. The summed E-state index contributed by atoms with van der Waals surface area (Å²) in [5, 5.41) is 4.17. The number of nitrogens with zero attached hydrogens (tertiary/aromatic N) is 3. The van der Waals surface area contributed by atoms with Crippen LogP contribution in [0.15, 0.2) is 157 Å². The second-order valence-corrected chi connectivity index (χ2v) is 21.7. The maximum Gasteiger partial charge on any atom is 0.360 e. The monoisotopic (exact) mass is 1120 g/mol. The molecule has 0 aromatic heterocycles. The van der Waals surface area contributed by atoms with E-state index in [-0.39, 0.29) is 39.6 Å². The SMILES string of the molecule is CC1O[C@@H](OC2C(OCc3ccccc3)C(N=[N+]=[N-])[C@@H](COCc3ccccc3)O[C@@H]2OC(=O)C(Cl)(Cl)Cl)C2OC(C)(C)OC2[C@H]1O[C@@H]1OC[C@@H](OCc2ccccc2)C(OCc2ccccc2)C1OCc1ccccc1. The minimum absolute atomic E-state index is 0.00513. The summed E-state index contributed by atoms with van der Waals surface area (Å²) in [6.45, 7) is 6.22. The molecule has 5 aromatic rings. The van der Waals surface area contributed by atoms with Crippen molar-refractivity contribution in [2.45, 2.75) is 149 Å². The third-order valence-electron chi connectivity index (χ3n) is 13.3. The highest BCUT2D eigenvalue weighted by Gasteiger charge is 2.60. The number of esters is 1. The molecule has 4 heterocycles. The number of hydrogen-bond donors (Lipinski definition) is 0. The maximum atomic E-state index is 13.5. The largest absolute Gasteiger partial charge is 0.430 e. The summed E-state index contributed by atoms with van der Waals surface area (Å²) in [4.78, 5) is 16.7. The van der Waals surface area contributed by atoms with E-state index in [9.17, 15) is 10.3 Å². The Bertz CT molecular complexity index is 2650. The van der Waals surface area contributed by atoms with E-state index in [1.807, 2.05) is 152 Å². The Labute approximate surface area is 462 Å². The second-order valence-electron chi connectivity index (χ2n) is 19.4. The highest BCUT2D eigenvalue weighted by atomic mass is 35.6. The molecule has 0 N–H and O–H groups in total. The molecule has 0 amide bonds. The molecule has 77 heavy (non-hydrogen) atoms. The van der Waals surface area contributed by atoms with Gasteiger partial charge in [0.25, 0.3) is 3.79 Å². The lowest BCUT2D eigenvalue weighted by Crippen LogP contribution is -2.65. The molecule has 0 spiro atoms. The Morgan fingerprint density at radius 2 is 1.06 bits per heavy atom. The normalized spacial score (nSPS) is 29.9. The van der Waals surface area contributed by atoms with Crippen molar-refractivity contribution in [2.24, 2.45) is 5.11 Å². The van der Waals surface area contributed by atoms with Crippen LogP contribution in [0, 0.1) is 0 Å². The molecule has 14 atom stereocenters. The minimum atomic E-state index is -2.53. The molecule has 4 saturated heterocycles. The summed E-state index contributed by atoms with van der Waals surface area (Å²) in [6, 6.07) is 47.1. The van der Waals surface area contributed by atoms with Crippen molar-refractivity contribution in [3.05, 3.63) is 190 Å². The first-order valence-electron chi connectivity index (χ1n) is 25.5. The first-order valence-corrected chi connectivity index (χ1v) is 26.6. The summed E-state index contributed by atoms with van der Waals surface area (Å²) in [6.07, 6.45) is -13.4. The van der Waals surface area contributed by atoms with Gasteiger partial charge < -0.3 is 61.6 Å². The van der Waals surface area contributed by atoms with Crippen LogP contribution in [0.25, 0.3) is 10.4 Å². The third kappa shape index (κ3) is 15.3. The molecule has 0 radical (unpaired) electrons. The summed E-state index contributed by atoms with van der Waals surface area (Å²) < 4.78 is 83.3. The van der Waals surface area contributed by atoms with E-state index in [0.29, 0.717) is 6.61 Å². The van der Waals surface area contributed by atoms with E-state index in [0.717, 1.165) is 27.8 Å². The topological polar surface area (TPSA) is 186 Å². The van der Waals surface area contributed by atoms with Crippen LogP contribution in [-0.4, -0.2) is 115 Å². The van der Waals surface area contributed by atoms with Gasteiger partial charge in [0.05, 0.1) is 64.5 Å². The molecule has 4 aliphatic heterocycles. The third-order valence-corrected chi connectivity index (χ3v) is 13.8. The number of carbonyl (C=O) groups excluding carboxylic acids is 1. The van der Waals surface area contributed by atoms with E-state index in [1.165, 1.54) is 0 Å². The number of halogens is 3. The zero-order valence-corrected chi connectivity index (χ0v) is 44.9. The smallest absolute Gasteiger partial charge is 0.360 e. The number of ether oxygens (including phenoxy) is 13. The molecule has 17 nitrogen and oxygen atoms in total. The van der Waals surface area contributed by atoms with Gasteiger partial charge in [0.1, 0.15) is 48.8 Å². The number of alkyl halides is 3. The van der Waals surface area contributed by atoms with Crippen molar-refractivity contribution >= 4 is 40.8 Å². The number of hydrogen-bond acceptors (Lipinski definition) is 15. The predicted octanol–water partition coefficient (Wildman–Crippen LogP) is 10.3. The molecule has 4 fully saturated rings. The molecule has 0 bridgehead atoms. The van der Waals surface area contributed by atoms with Gasteiger partial charge in [0, 0.05) is 4.91 Å². The molecule has 8 unspecified atom stereocenters. The molecular weight excluding hydrogens is 1060 g/mol. The van der Waals surface area contributed by atoms with E-state index in [1.54, 1.807) is 20.8 Å². The van der Waals surface area contributed by atoms with Gasteiger partial charge in [0.15, 0.2) is 18.4 Å². The average Bonchev–Trinajstić information content (AvgIpc) is 3.84. The van der Waals surface area contributed by atoms with E-state index < -0.39 is 102 Å². The molecule has 9 rings (SSSR count). The Kier molecular flexibility index (Phi) is 19.9. The van der Waals surface area contributed by atoms with Crippen molar-refractivity contribution in [1.82, 2.24) is 0 Å². The zero-order valence-electron chi connectivity index (χ0n) is 42.7. The van der Waals surface area contributed by atoms with Crippen molar-refractivity contribution in [1.29, 1.82) is 0 Å². The van der Waals surface area contributed by atoms with Crippen LogP contribution >= 0.6 is 34.8 Å². The molecule has 20 heteroatoms. The van der Waals surface area contributed by atoms with Crippen LogP contribution in [0.1, 0.15) is 48.6 Å². The van der Waals surface area contributed by atoms with Crippen molar-refractivity contribution < 1.29 is 66.4 Å². The van der Waals surface area contributed by atoms with Crippen molar-refractivity contribution in [3.8, 4) is 0 Å². The van der Waals surface area contributed by atoms with Gasteiger partial charge >= 0.3 is 5.97 Å². The quantitative estimate of drug-likeness (QED) is 0.0209. The van der Waals surface area contributed by atoms with Gasteiger partial charge in [-0.15, -0.1) is 0 Å². The van der Waals surface area contributed by atoms with E-state index in [4.69, 9.17) is 96.4 Å². The number of carbonyl (C=O) groups is 1. The molecule has 5 aromatic carbocycles. The summed E-state index contributed by atoms with van der Waals surface area (Å²) in [7, 11) is 0. The Morgan fingerprint density at radius 3 is 1.58 bits per heavy atom. The Morgan fingerprint density at radius 1 is 0.597 bits per heavy atom.